The zero-order chi connectivity index (χ0) is 22.6. The molecule has 2 aromatic rings. The molecule has 8 heteroatoms. The Kier molecular flexibility index (Phi) is 5.46. The number of aliphatic hydroxyl groups is 1. The average Bonchev–Trinajstić information content (AvgIpc) is 2.98. The van der Waals surface area contributed by atoms with E-state index in [4.69, 9.17) is 21.6 Å². The van der Waals surface area contributed by atoms with Crippen molar-refractivity contribution in [2.75, 3.05) is 22.6 Å². The Morgan fingerprint density at radius 3 is 2.67 bits per heavy atom. The molecule has 6 nitrogen and oxygen atoms in total. The molecule has 1 saturated heterocycles. The van der Waals surface area contributed by atoms with Gasteiger partial charge < -0.3 is 15.3 Å². The molecule has 4 heterocycles. The van der Waals surface area contributed by atoms with Crippen molar-refractivity contribution in [1.29, 1.82) is 0 Å². The number of aryl methyl sites for hydroxylation is 1. The summed E-state index contributed by atoms with van der Waals surface area (Å²) in [5.74, 6) is 2.06. The first-order valence-corrected chi connectivity index (χ1v) is 13.7. The summed E-state index contributed by atoms with van der Waals surface area (Å²) in [6, 6.07) is 8.70. The summed E-state index contributed by atoms with van der Waals surface area (Å²) in [6.07, 6.45) is 10.1. The van der Waals surface area contributed by atoms with Crippen molar-refractivity contribution >= 4 is 39.7 Å². The van der Waals surface area contributed by atoms with Crippen LogP contribution in [0.4, 0.5) is 11.8 Å². The summed E-state index contributed by atoms with van der Waals surface area (Å²) in [6.45, 7) is 0.0654. The standard InChI is InChI=1S/C25H29ClN4O2S/c26-18-7-5-16(6-8-18)17-12-19-14-20(13-17)30(19)24-27-21-4-1-2-11-33(32)22(21)23(28-24)29-25(15-31)9-3-10-25/h5-8,12,19-20,31H,1-4,9-11,13-15H2,(H,27,28,29)/t19?,20?,33-/m1/s1. The van der Waals surface area contributed by atoms with Gasteiger partial charge in [-0.15, -0.1) is 0 Å². The van der Waals surface area contributed by atoms with Gasteiger partial charge in [-0.3, -0.25) is 4.21 Å². The van der Waals surface area contributed by atoms with Crippen LogP contribution < -0.4 is 10.2 Å². The van der Waals surface area contributed by atoms with Gasteiger partial charge in [0.15, 0.2) is 0 Å². The van der Waals surface area contributed by atoms with Crippen molar-refractivity contribution in [3.8, 4) is 0 Å². The first kappa shape index (κ1) is 21.6. The zero-order valence-electron chi connectivity index (χ0n) is 18.6. The number of aliphatic hydroxyl groups excluding tert-OH is 1. The molecule has 1 aromatic heterocycles. The first-order chi connectivity index (χ1) is 16.0. The van der Waals surface area contributed by atoms with E-state index >= 15 is 0 Å². The van der Waals surface area contributed by atoms with E-state index < -0.39 is 10.8 Å². The van der Waals surface area contributed by atoms with E-state index in [0.29, 0.717) is 17.6 Å². The van der Waals surface area contributed by atoms with Crippen LogP contribution in [0.15, 0.2) is 35.2 Å². The van der Waals surface area contributed by atoms with Crippen LogP contribution in [-0.2, 0) is 17.2 Å². The smallest absolute Gasteiger partial charge is 0.228 e. The number of hydrogen-bond donors (Lipinski definition) is 2. The van der Waals surface area contributed by atoms with Crippen molar-refractivity contribution in [2.45, 2.75) is 73.9 Å². The number of fused-ring (bicyclic) bond motifs is 2. The van der Waals surface area contributed by atoms with Crippen LogP contribution in [-0.4, -0.2) is 49.3 Å². The van der Waals surface area contributed by atoms with E-state index in [0.717, 1.165) is 72.9 Å². The largest absolute Gasteiger partial charge is 0.394 e. The van der Waals surface area contributed by atoms with Gasteiger partial charge in [-0.2, -0.15) is 4.98 Å². The molecule has 33 heavy (non-hydrogen) atoms. The Labute approximate surface area is 201 Å². The molecule has 2 N–H and O–H groups in total. The second kappa shape index (κ2) is 8.36. The lowest BCUT2D eigenvalue weighted by Gasteiger charge is -2.52. The van der Waals surface area contributed by atoms with Crippen LogP contribution >= 0.6 is 11.6 Å². The number of halogens is 1. The summed E-state index contributed by atoms with van der Waals surface area (Å²) >= 11 is 6.07. The van der Waals surface area contributed by atoms with E-state index in [-0.39, 0.29) is 18.2 Å². The maximum Gasteiger partial charge on any atom is 0.228 e. The van der Waals surface area contributed by atoms with Gasteiger partial charge in [0.25, 0.3) is 0 Å². The lowest BCUT2D eigenvalue weighted by Crippen LogP contribution is -2.58. The molecule has 174 valence electrons. The van der Waals surface area contributed by atoms with E-state index in [1.807, 2.05) is 12.1 Å². The minimum Gasteiger partial charge on any atom is -0.394 e. The Bertz CT molecular complexity index is 1130. The monoisotopic (exact) mass is 484 g/mol. The molecule has 2 aliphatic carbocycles. The highest BCUT2D eigenvalue weighted by Gasteiger charge is 2.44. The average molecular weight is 485 g/mol. The van der Waals surface area contributed by atoms with Crippen LogP contribution in [0.2, 0.25) is 5.02 Å². The minimum atomic E-state index is -1.11. The van der Waals surface area contributed by atoms with Crippen molar-refractivity contribution in [2.24, 2.45) is 0 Å². The van der Waals surface area contributed by atoms with Gasteiger partial charge in [0.2, 0.25) is 5.95 Å². The van der Waals surface area contributed by atoms with Gasteiger partial charge >= 0.3 is 0 Å². The zero-order valence-corrected chi connectivity index (χ0v) is 20.2. The highest BCUT2D eigenvalue weighted by Crippen LogP contribution is 2.44. The van der Waals surface area contributed by atoms with Crippen LogP contribution in [0.1, 0.15) is 56.2 Å². The van der Waals surface area contributed by atoms with E-state index in [9.17, 15) is 9.32 Å². The van der Waals surface area contributed by atoms with Crippen LogP contribution in [0, 0.1) is 0 Å². The van der Waals surface area contributed by atoms with Gasteiger partial charge in [0.1, 0.15) is 10.7 Å². The topological polar surface area (TPSA) is 78.4 Å². The molecule has 2 unspecified atom stereocenters. The summed E-state index contributed by atoms with van der Waals surface area (Å²) in [4.78, 5) is 13.0. The Balaban J connectivity index is 1.35. The van der Waals surface area contributed by atoms with Crippen LogP contribution in [0.5, 0.6) is 0 Å². The van der Waals surface area contributed by atoms with Gasteiger partial charge in [-0.25, -0.2) is 4.98 Å². The molecular formula is C25H29ClN4O2S. The first-order valence-electron chi connectivity index (χ1n) is 12.0. The number of aromatic nitrogens is 2. The predicted molar refractivity (Wildman–Crippen MR) is 132 cm³/mol. The van der Waals surface area contributed by atoms with Gasteiger partial charge in [-0.1, -0.05) is 29.8 Å². The maximum atomic E-state index is 13.1. The van der Waals surface area contributed by atoms with Crippen molar-refractivity contribution in [1.82, 2.24) is 9.97 Å². The van der Waals surface area contributed by atoms with Gasteiger partial charge in [-0.05, 0) is 74.6 Å². The molecular weight excluding hydrogens is 456 g/mol. The summed E-state index contributed by atoms with van der Waals surface area (Å²) in [7, 11) is -1.11. The minimum absolute atomic E-state index is 0.0654. The number of nitrogens with zero attached hydrogens (tertiary/aromatic N) is 3. The SMILES string of the molecule is O=[S@@]1CCCCc2nc(N3C4C=C(c5ccc(Cl)cc5)CC3C4)nc(NC3(CO)CCC3)c21. The Morgan fingerprint density at radius 2 is 2.00 bits per heavy atom. The fourth-order valence-electron chi connectivity index (χ4n) is 5.61. The molecule has 7 rings (SSSR count). The second-order valence-corrected chi connectivity index (χ2v) is 11.8. The quantitative estimate of drug-likeness (QED) is 0.657. The summed E-state index contributed by atoms with van der Waals surface area (Å²) < 4.78 is 13.1. The fourth-order valence-corrected chi connectivity index (χ4v) is 7.13. The predicted octanol–water partition coefficient (Wildman–Crippen LogP) is 4.34. The number of anilines is 2. The molecule has 2 fully saturated rings. The highest BCUT2D eigenvalue weighted by atomic mass is 35.5. The van der Waals surface area contributed by atoms with E-state index in [1.165, 1.54) is 11.1 Å². The van der Waals surface area contributed by atoms with Crippen molar-refractivity contribution < 1.29 is 9.32 Å². The maximum absolute atomic E-state index is 13.1. The molecule has 2 bridgehead atoms. The fraction of sp³-hybridized carbons (Fsp3) is 0.520. The molecule has 3 atom stereocenters. The molecule has 0 spiro atoms. The normalized spacial score (nSPS) is 27.5. The summed E-state index contributed by atoms with van der Waals surface area (Å²) in [5, 5.41) is 14.3. The lowest BCUT2D eigenvalue weighted by molar-refractivity contribution is 0.143. The van der Waals surface area contributed by atoms with E-state index in [1.54, 1.807) is 0 Å². The molecule has 3 aliphatic heterocycles. The van der Waals surface area contributed by atoms with Gasteiger partial charge in [0, 0.05) is 16.8 Å². The van der Waals surface area contributed by atoms with Gasteiger partial charge in [0.05, 0.1) is 34.7 Å². The lowest BCUT2D eigenvalue weighted by atomic mass is 9.77. The molecule has 5 aliphatic rings. The molecule has 0 radical (unpaired) electrons. The van der Waals surface area contributed by atoms with Crippen LogP contribution in [0.3, 0.4) is 0 Å². The highest BCUT2D eigenvalue weighted by molar-refractivity contribution is 7.85. The second-order valence-electron chi connectivity index (χ2n) is 9.84. The van der Waals surface area contributed by atoms with Crippen LogP contribution in [0.25, 0.3) is 5.57 Å². The van der Waals surface area contributed by atoms with Crippen molar-refractivity contribution in [3.63, 3.8) is 0 Å². The summed E-state index contributed by atoms with van der Waals surface area (Å²) in [5.41, 5.74) is 3.15. The molecule has 1 aromatic carbocycles. The Hall–Kier alpha value is -1.96. The third-order valence-electron chi connectivity index (χ3n) is 7.70. The number of nitrogens with one attached hydrogen (secondary N) is 1. The third-order valence-corrected chi connectivity index (χ3v) is 9.50. The molecule has 1 saturated carbocycles. The molecule has 0 amide bonds. The third kappa shape index (κ3) is 3.78. The van der Waals surface area contributed by atoms with E-state index in [2.05, 4.69) is 28.4 Å². The Morgan fingerprint density at radius 1 is 1.18 bits per heavy atom. The number of benzene rings is 1. The van der Waals surface area contributed by atoms with Crippen molar-refractivity contribution in [3.05, 3.63) is 46.6 Å². The number of rotatable bonds is 5. The number of hydrogen-bond acceptors (Lipinski definition) is 6.